The highest BCUT2D eigenvalue weighted by atomic mass is 32.1. The highest BCUT2D eigenvalue weighted by Gasteiger charge is 2.13. The van der Waals surface area contributed by atoms with E-state index in [4.69, 9.17) is 4.74 Å². The van der Waals surface area contributed by atoms with Crippen molar-refractivity contribution in [3.8, 4) is 0 Å². The number of ether oxygens (including phenoxy) is 2. The van der Waals surface area contributed by atoms with Crippen LogP contribution >= 0.6 is 11.3 Å². The Morgan fingerprint density at radius 3 is 2.74 bits per heavy atom. The van der Waals surface area contributed by atoms with Crippen LogP contribution in [0.2, 0.25) is 0 Å². The molecule has 1 N–H and O–H groups in total. The van der Waals surface area contributed by atoms with Crippen LogP contribution in [0, 0.1) is 0 Å². The molecule has 0 saturated carbocycles. The molecule has 0 aliphatic rings. The minimum Gasteiger partial charge on any atom is -0.469 e. The first-order valence-electron chi connectivity index (χ1n) is 7.09. The third kappa shape index (κ3) is 5.07. The van der Waals surface area contributed by atoms with Gasteiger partial charge < -0.3 is 14.8 Å². The van der Waals surface area contributed by atoms with Crippen molar-refractivity contribution < 1.29 is 23.9 Å². The largest absolute Gasteiger partial charge is 0.469 e. The molecule has 0 atom stereocenters. The van der Waals surface area contributed by atoms with E-state index in [1.54, 1.807) is 6.07 Å². The number of hydrogen-bond acceptors (Lipinski definition) is 6. The van der Waals surface area contributed by atoms with Crippen LogP contribution in [0.3, 0.4) is 0 Å². The lowest BCUT2D eigenvalue weighted by Crippen LogP contribution is -2.29. The van der Waals surface area contributed by atoms with Gasteiger partial charge in [0.1, 0.15) is 4.88 Å². The molecule has 0 aliphatic heterocycles. The van der Waals surface area contributed by atoms with Crippen molar-refractivity contribution in [3.05, 3.63) is 35.2 Å². The summed E-state index contributed by atoms with van der Waals surface area (Å²) in [5, 5.41) is 3.54. The third-order valence-electron chi connectivity index (χ3n) is 3.07. The lowest BCUT2D eigenvalue weighted by atomic mass is 10.2. The van der Waals surface area contributed by atoms with Crippen molar-refractivity contribution in [2.45, 2.75) is 12.8 Å². The highest BCUT2D eigenvalue weighted by Crippen LogP contribution is 2.25. The van der Waals surface area contributed by atoms with Crippen molar-refractivity contribution in [2.24, 2.45) is 0 Å². The van der Waals surface area contributed by atoms with Gasteiger partial charge in [0.2, 0.25) is 0 Å². The number of hydrogen-bond donors (Lipinski definition) is 1. The van der Waals surface area contributed by atoms with Crippen molar-refractivity contribution in [2.75, 3.05) is 20.3 Å². The molecule has 0 bridgehead atoms. The van der Waals surface area contributed by atoms with E-state index in [0.717, 1.165) is 10.1 Å². The molecule has 0 saturated heterocycles. The van der Waals surface area contributed by atoms with Crippen LogP contribution < -0.4 is 5.32 Å². The molecular weight excluding hydrogens is 318 g/mol. The lowest BCUT2D eigenvalue weighted by molar-refractivity contribution is -0.140. The van der Waals surface area contributed by atoms with Gasteiger partial charge in [-0.05, 0) is 23.9 Å². The molecule has 0 fully saturated rings. The highest BCUT2D eigenvalue weighted by molar-refractivity contribution is 7.20. The Kier molecular flexibility index (Phi) is 6.10. The number of fused-ring (bicyclic) bond motifs is 1. The fourth-order valence-electron chi connectivity index (χ4n) is 1.90. The van der Waals surface area contributed by atoms with E-state index in [0.29, 0.717) is 17.8 Å². The second kappa shape index (κ2) is 8.28. The maximum atomic E-state index is 11.9. The van der Waals surface area contributed by atoms with Gasteiger partial charge in [-0.2, -0.15) is 0 Å². The number of rotatable bonds is 7. The van der Waals surface area contributed by atoms with Gasteiger partial charge in [-0.15, -0.1) is 11.3 Å². The zero-order valence-electron chi connectivity index (χ0n) is 12.7. The normalized spacial score (nSPS) is 10.3. The first-order chi connectivity index (χ1) is 11.1. The van der Waals surface area contributed by atoms with Crippen molar-refractivity contribution in [1.82, 2.24) is 5.32 Å². The maximum absolute atomic E-state index is 11.9. The maximum Gasteiger partial charge on any atom is 0.348 e. The second-order valence-corrected chi connectivity index (χ2v) is 5.84. The van der Waals surface area contributed by atoms with Crippen LogP contribution in [0.25, 0.3) is 10.1 Å². The summed E-state index contributed by atoms with van der Waals surface area (Å²) < 4.78 is 10.5. The first-order valence-corrected chi connectivity index (χ1v) is 7.91. The molecule has 2 rings (SSSR count). The molecule has 23 heavy (non-hydrogen) atoms. The summed E-state index contributed by atoms with van der Waals surface area (Å²) in [5.74, 6) is -1.24. The fourth-order valence-corrected chi connectivity index (χ4v) is 2.85. The number of methoxy groups -OCH3 is 1. The van der Waals surface area contributed by atoms with Gasteiger partial charge >= 0.3 is 11.9 Å². The summed E-state index contributed by atoms with van der Waals surface area (Å²) in [4.78, 5) is 34.8. The zero-order chi connectivity index (χ0) is 16.7. The van der Waals surface area contributed by atoms with E-state index in [-0.39, 0.29) is 19.0 Å². The van der Waals surface area contributed by atoms with Crippen LogP contribution in [0.1, 0.15) is 22.5 Å². The smallest absolute Gasteiger partial charge is 0.348 e. The van der Waals surface area contributed by atoms with E-state index in [9.17, 15) is 14.4 Å². The van der Waals surface area contributed by atoms with Gasteiger partial charge in [-0.1, -0.05) is 18.2 Å². The third-order valence-corrected chi connectivity index (χ3v) is 4.16. The summed E-state index contributed by atoms with van der Waals surface area (Å²) >= 11 is 1.33. The quantitative estimate of drug-likeness (QED) is 0.619. The van der Waals surface area contributed by atoms with E-state index >= 15 is 0 Å². The zero-order valence-corrected chi connectivity index (χ0v) is 13.5. The molecule has 6 nitrogen and oxygen atoms in total. The average Bonchev–Trinajstić information content (AvgIpc) is 3.00. The van der Waals surface area contributed by atoms with Crippen molar-refractivity contribution in [1.29, 1.82) is 0 Å². The molecule has 0 aliphatic carbocycles. The number of amides is 1. The molecule has 7 heteroatoms. The van der Waals surface area contributed by atoms with Gasteiger partial charge in [-0.25, -0.2) is 4.79 Å². The molecule has 1 heterocycles. The molecule has 1 aromatic carbocycles. The van der Waals surface area contributed by atoms with Gasteiger partial charge in [-0.3, -0.25) is 9.59 Å². The predicted octanol–water partition coefficient (Wildman–Crippen LogP) is 2.13. The van der Waals surface area contributed by atoms with Crippen molar-refractivity contribution >= 4 is 39.3 Å². The Labute approximate surface area is 137 Å². The molecular formula is C16H17NO5S. The fraction of sp³-hybridized carbons (Fsp3) is 0.312. The SMILES string of the molecule is COC(=O)CCCNC(=O)COC(=O)c1cc2ccccc2s1. The standard InChI is InChI=1S/C16H17NO5S/c1-21-15(19)7-4-8-17-14(18)10-22-16(20)13-9-11-5-2-3-6-12(11)23-13/h2-3,5-6,9H,4,7-8,10H2,1H3,(H,17,18). The topological polar surface area (TPSA) is 81.7 Å². The first kappa shape index (κ1) is 17.0. The Morgan fingerprint density at radius 1 is 1.22 bits per heavy atom. The summed E-state index contributed by atoms with van der Waals surface area (Å²) in [6, 6.07) is 9.37. The summed E-state index contributed by atoms with van der Waals surface area (Å²) in [5.41, 5.74) is 0. The molecule has 0 radical (unpaired) electrons. The van der Waals surface area contributed by atoms with Crippen LogP contribution in [-0.4, -0.2) is 38.1 Å². The number of carbonyl (C=O) groups is 3. The molecule has 122 valence electrons. The van der Waals surface area contributed by atoms with Crippen LogP contribution in [0.4, 0.5) is 0 Å². The van der Waals surface area contributed by atoms with Gasteiger partial charge in [0.15, 0.2) is 6.61 Å². The van der Waals surface area contributed by atoms with E-state index in [1.807, 2.05) is 24.3 Å². The lowest BCUT2D eigenvalue weighted by Gasteiger charge is -2.05. The van der Waals surface area contributed by atoms with Gasteiger partial charge in [0, 0.05) is 17.7 Å². The number of nitrogens with one attached hydrogen (secondary N) is 1. The molecule has 1 amide bonds. The molecule has 0 unspecified atom stereocenters. The minimum absolute atomic E-state index is 0.234. The average molecular weight is 335 g/mol. The monoisotopic (exact) mass is 335 g/mol. The van der Waals surface area contributed by atoms with E-state index in [2.05, 4.69) is 10.1 Å². The van der Waals surface area contributed by atoms with Crippen LogP contribution in [0.5, 0.6) is 0 Å². The molecule has 0 spiro atoms. The van der Waals surface area contributed by atoms with Crippen LogP contribution in [0.15, 0.2) is 30.3 Å². The van der Waals surface area contributed by atoms with Gasteiger partial charge in [0.05, 0.1) is 7.11 Å². The van der Waals surface area contributed by atoms with Gasteiger partial charge in [0.25, 0.3) is 5.91 Å². The van der Waals surface area contributed by atoms with E-state index < -0.39 is 11.9 Å². The number of carbonyl (C=O) groups excluding carboxylic acids is 3. The summed E-state index contributed by atoms with van der Waals surface area (Å²) in [6.07, 6.45) is 0.709. The number of esters is 2. The van der Waals surface area contributed by atoms with Crippen molar-refractivity contribution in [3.63, 3.8) is 0 Å². The summed E-state index contributed by atoms with van der Waals surface area (Å²) in [7, 11) is 1.31. The predicted molar refractivity (Wildman–Crippen MR) is 86.4 cm³/mol. The Hall–Kier alpha value is -2.41. The van der Waals surface area contributed by atoms with Crippen LogP contribution in [-0.2, 0) is 19.1 Å². The molecule has 1 aromatic heterocycles. The Bertz CT molecular complexity index is 676. The Balaban J connectivity index is 1.73. The summed E-state index contributed by atoms with van der Waals surface area (Å²) in [6.45, 7) is -0.0142. The molecule has 2 aromatic rings. The number of benzene rings is 1. The minimum atomic E-state index is -0.518. The Morgan fingerprint density at radius 2 is 2.00 bits per heavy atom. The second-order valence-electron chi connectivity index (χ2n) is 4.75. The number of thiophene rings is 1. The van der Waals surface area contributed by atoms with E-state index in [1.165, 1.54) is 18.4 Å².